The number of halogens is 4. The zero-order valence-corrected chi connectivity index (χ0v) is 8.98. The highest BCUT2D eigenvalue weighted by Gasteiger charge is 2.65. The number of nitrogens with one attached hydrogen (secondary N) is 2. The van der Waals surface area contributed by atoms with E-state index in [1.807, 2.05) is 22.6 Å². The summed E-state index contributed by atoms with van der Waals surface area (Å²) in [6, 6.07) is 6.30. The molecule has 1 aromatic carbocycles. The fourth-order valence-electron chi connectivity index (χ4n) is 1.23. The fourth-order valence-corrected chi connectivity index (χ4v) is 1.78. The molecule has 76 valence electrons. The first kappa shape index (κ1) is 10.2. The average molecular weight is 312 g/mol. The Morgan fingerprint density at radius 1 is 1.21 bits per heavy atom. The van der Waals surface area contributed by atoms with Crippen molar-refractivity contribution >= 4 is 22.6 Å². The highest BCUT2D eigenvalue weighted by molar-refractivity contribution is 14.1. The van der Waals surface area contributed by atoms with Crippen molar-refractivity contribution in [2.24, 2.45) is 0 Å². The zero-order valence-electron chi connectivity index (χ0n) is 6.82. The number of hydrogen-bond acceptors (Lipinski definition) is 2. The second kappa shape index (κ2) is 3.07. The lowest BCUT2D eigenvalue weighted by Gasteiger charge is -2.16. The van der Waals surface area contributed by atoms with Crippen LogP contribution in [0, 0.1) is 3.57 Å². The second-order valence-electron chi connectivity index (χ2n) is 3.01. The van der Waals surface area contributed by atoms with Crippen LogP contribution in [0.2, 0.25) is 0 Å². The number of hydrogen-bond donors (Lipinski definition) is 2. The van der Waals surface area contributed by atoms with Crippen LogP contribution < -0.4 is 10.9 Å². The monoisotopic (exact) mass is 312 g/mol. The van der Waals surface area contributed by atoms with E-state index in [9.17, 15) is 13.2 Å². The van der Waals surface area contributed by atoms with E-state index in [-0.39, 0.29) is 5.56 Å². The van der Waals surface area contributed by atoms with Crippen LogP contribution in [0.25, 0.3) is 0 Å². The molecule has 6 heteroatoms. The van der Waals surface area contributed by atoms with Gasteiger partial charge in [-0.25, -0.2) is 10.9 Å². The molecule has 0 aliphatic carbocycles. The summed E-state index contributed by atoms with van der Waals surface area (Å²) in [5, 5.41) is 0. The van der Waals surface area contributed by atoms with Gasteiger partial charge in [0.05, 0.1) is 0 Å². The number of alkyl halides is 3. The number of benzene rings is 1. The van der Waals surface area contributed by atoms with E-state index in [1.54, 1.807) is 12.1 Å². The van der Waals surface area contributed by atoms with E-state index >= 15 is 0 Å². The Kier molecular flexibility index (Phi) is 2.24. The van der Waals surface area contributed by atoms with Crippen LogP contribution in [0.5, 0.6) is 0 Å². The maximum atomic E-state index is 12.6. The molecule has 2 N–H and O–H groups in total. The third kappa shape index (κ3) is 1.51. The van der Waals surface area contributed by atoms with Gasteiger partial charge in [0, 0.05) is 3.57 Å². The quantitative estimate of drug-likeness (QED) is 0.616. The SMILES string of the molecule is FC(F)(F)C1(c2cccc([125I])c2)NN1. The first-order valence-electron chi connectivity index (χ1n) is 3.83. The second-order valence-corrected chi connectivity index (χ2v) is 4.25. The third-order valence-corrected chi connectivity index (χ3v) is 2.73. The minimum absolute atomic E-state index is 0.192. The van der Waals surface area contributed by atoms with E-state index in [2.05, 4.69) is 10.9 Å². The molecule has 0 amide bonds. The van der Waals surface area contributed by atoms with E-state index in [0.717, 1.165) is 3.57 Å². The van der Waals surface area contributed by atoms with Crippen molar-refractivity contribution in [3.05, 3.63) is 33.4 Å². The highest BCUT2D eigenvalue weighted by atomic mass is 125. The van der Waals surface area contributed by atoms with Gasteiger partial charge in [-0.05, 0) is 40.3 Å². The van der Waals surface area contributed by atoms with Gasteiger partial charge in [-0.1, -0.05) is 12.1 Å². The van der Waals surface area contributed by atoms with Crippen LogP contribution in [-0.4, -0.2) is 6.18 Å². The molecule has 1 saturated heterocycles. The summed E-state index contributed by atoms with van der Waals surface area (Å²) in [7, 11) is 0. The molecule has 0 radical (unpaired) electrons. The Bertz CT molecular complexity index is 360. The Hall–Kier alpha value is -0.340. The molecule has 0 spiro atoms. The predicted molar refractivity (Wildman–Crippen MR) is 53.2 cm³/mol. The maximum absolute atomic E-state index is 12.6. The molecular weight excluding hydrogens is 306 g/mol. The highest BCUT2D eigenvalue weighted by Crippen LogP contribution is 2.42. The molecule has 1 aromatic rings. The lowest BCUT2D eigenvalue weighted by atomic mass is 10.0. The summed E-state index contributed by atoms with van der Waals surface area (Å²) in [4.78, 5) is 0. The molecule has 1 fully saturated rings. The van der Waals surface area contributed by atoms with Crippen molar-refractivity contribution in [1.29, 1.82) is 0 Å². The summed E-state index contributed by atoms with van der Waals surface area (Å²) < 4.78 is 38.5. The van der Waals surface area contributed by atoms with Crippen LogP contribution in [0.15, 0.2) is 24.3 Å². The molecule has 2 rings (SSSR count). The first-order chi connectivity index (χ1) is 6.46. The average Bonchev–Trinajstić information content (AvgIpc) is 2.82. The van der Waals surface area contributed by atoms with E-state index < -0.39 is 11.8 Å². The molecule has 1 heterocycles. The molecule has 0 bridgehead atoms. The first-order valence-corrected chi connectivity index (χ1v) is 4.91. The molecule has 0 unspecified atom stereocenters. The van der Waals surface area contributed by atoms with Crippen molar-refractivity contribution in [1.82, 2.24) is 10.9 Å². The van der Waals surface area contributed by atoms with Crippen LogP contribution in [0.3, 0.4) is 0 Å². The molecular formula is C8H6F3IN2. The largest absolute Gasteiger partial charge is 0.426 e. The van der Waals surface area contributed by atoms with Crippen LogP contribution in [0.4, 0.5) is 13.2 Å². The summed E-state index contributed by atoms with van der Waals surface area (Å²) in [5.41, 5.74) is 2.46. The molecule has 1 aliphatic rings. The summed E-state index contributed by atoms with van der Waals surface area (Å²) in [5.74, 6) is 0. The van der Waals surface area contributed by atoms with Crippen LogP contribution >= 0.6 is 22.6 Å². The van der Waals surface area contributed by atoms with E-state index in [0.29, 0.717) is 0 Å². The van der Waals surface area contributed by atoms with E-state index in [4.69, 9.17) is 0 Å². The van der Waals surface area contributed by atoms with Gasteiger partial charge in [-0.3, -0.25) is 0 Å². The maximum Gasteiger partial charge on any atom is 0.426 e. The van der Waals surface area contributed by atoms with E-state index in [1.165, 1.54) is 12.1 Å². The standard InChI is InChI=1S/C8H6F3IN2/c9-8(10,11)7(13-14-7)5-2-1-3-6(12)4-5/h1-4,13-14H/i12-2. The van der Waals surface area contributed by atoms with Gasteiger partial charge in [0.2, 0.25) is 5.66 Å². The normalized spacial score (nSPS) is 19.4. The van der Waals surface area contributed by atoms with Gasteiger partial charge >= 0.3 is 6.18 Å². The summed E-state index contributed by atoms with van der Waals surface area (Å²) >= 11 is 1.98. The van der Waals surface area contributed by atoms with Crippen molar-refractivity contribution in [3.8, 4) is 0 Å². The Morgan fingerprint density at radius 3 is 2.29 bits per heavy atom. The Balaban J connectivity index is 2.41. The van der Waals surface area contributed by atoms with Crippen LogP contribution in [0.1, 0.15) is 5.56 Å². The van der Waals surface area contributed by atoms with Gasteiger partial charge in [-0.2, -0.15) is 13.2 Å². The predicted octanol–water partition coefficient (Wildman–Crippen LogP) is 2.11. The van der Waals surface area contributed by atoms with Crippen LogP contribution in [-0.2, 0) is 5.66 Å². The van der Waals surface area contributed by atoms with Gasteiger partial charge in [0.25, 0.3) is 0 Å². The summed E-state index contributed by atoms with van der Waals surface area (Å²) in [6.45, 7) is 0. The van der Waals surface area contributed by atoms with Crippen molar-refractivity contribution in [2.75, 3.05) is 0 Å². The lowest BCUT2D eigenvalue weighted by Crippen LogP contribution is -2.34. The Labute approximate surface area is 92.0 Å². The minimum Gasteiger partial charge on any atom is -0.223 e. The Morgan fingerprint density at radius 2 is 1.86 bits per heavy atom. The molecule has 0 saturated carbocycles. The van der Waals surface area contributed by atoms with Gasteiger partial charge in [-0.15, -0.1) is 0 Å². The molecule has 0 aromatic heterocycles. The fraction of sp³-hybridized carbons (Fsp3) is 0.250. The zero-order chi connectivity index (χ0) is 10.4. The van der Waals surface area contributed by atoms with Gasteiger partial charge in [0.1, 0.15) is 0 Å². The molecule has 14 heavy (non-hydrogen) atoms. The summed E-state index contributed by atoms with van der Waals surface area (Å²) in [6.07, 6.45) is -4.32. The molecule has 0 atom stereocenters. The van der Waals surface area contributed by atoms with Crippen molar-refractivity contribution in [3.63, 3.8) is 0 Å². The third-order valence-electron chi connectivity index (χ3n) is 2.06. The minimum atomic E-state index is -4.32. The topological polar surface area (TPSA) is 43.9 Å². The lowest BCUT2D eigenvalue weighted by molar-refractivity contribution is -0.165. The molecule has 1 aliphatic heterocycles. The number of rotatable bonds is 1. The molecule has 2 nitrogen and oxygen atoms in total. The van der Waals surface area contributed by atoms with Crippen molar-refractivity contribution in [2.45, 2.75) is 11.8 Å². The van der Waals surface area contributed by atoms with Gasteiger partial charge < -0.3 is 0 Å². The van der Waals surface area contributed by atoms with Gasteiger partial charge in [0.15, 0.2) is 0 Å². The smallest absolute Gasteiger partial charge is 0.223 e. The van der Waals surface area contributed by atoms with Crippen molar-refractivity contribution < 1.29 is 13.2 Å². The number of hydrazine groups is 1.